The van der Waals surface area contributed by atoms with Gasteiger partial charge in [0.1, 0.15) is 5.71 Å². The van der Waals surface area contributed by atoms with Crippen molar-refractivity contribution in [1.29, 1.82) is 0 Å². The molecule has 0 saturated heterocycles. The highest BCUT2D eigenvalue weighted by Crippen LogP contribution is 2.11. The third-order valence-electron chi connectivity index (χ3n) is 2.30. The van der Waals surface area contributed by atoms with Crippen LogP contribution in [0.1, 0.15) is 11.1 Å². The van der Waals surface area contributed by atoms with Crippen molar-refractivity contribution in [3.8, 4) is 0 Å². The lowest BCUT2D eigenvalue weighted by atomic mass is 10.0. The van der Waals surface area contributed by atoms with Crippen molar-refractivity contribution in [2.45, 2.75) is 0 Å². The van der Waals surface area contributed by atoms with Gasteiger partial charge in [0.05, 0.1) is 0 Å². The molecule has 2 rings (SSSR count). The standard InChI is InChI=1S/C14H10ClNO2/c15-14(17)18-16-13(11-7-3-1-4-8-11)12-9-5-2-6-10-12/h1-10H. The summed E-state index contributed by atoms with van der Waals surface area (Å²) in [6.07, 6.45) is 0. The Hall–Kier alpha value is -2.13. The smallest absolute Gasteiger partial charge is 0.302 e. The minimum atomic E-state index is -0.959. The molecule has 4 heteroatoms. The fourth-order valence-corrected chi connectivity index (χ4v) is 1.58. The van der Waals surface area contributed by atoms with E-state index in [0.717, 1.165) is 11.1 Å². The molecule has 0 heterocycles. The largest absolute Gasteiger partial charge is 0.429 e. The van der Waals surface area contributed by atoms with Crippen LogP contribution in [-0.4, -0.2) is 11.1 Å². The molecular formula is C14H10ClNO2. The summed E-state index contributed by atoms with van der Waals surface area (Å²) in [6.45, 7) is 0. The Morgan fingerprint density at radius 1 is 0.889 bits per heavy atom. The first-order valence-corrected chi connectivity index (χ1v) is 5.70. The van der Waals surface area contributed by atoms with E-state index in [0.29, 0.717) is 5.71 Å². The molecule has 0 aliphatic heterocycles. The maximum atomic E-state index is 10.6. The summed E-state index contributed by atoms with van der Waals surface area (Å²) in [5, 5.41) is 3.80. The third-order valence-corrected chi connectivity index (χ3v) is 2.37. The minimum Gasteiger partial charge on any atom is -0.302 e. The summed E-state index contributed by atoms with van der Waals surface area (Å²) in [5.41, 5.74) is 1.30. The van der Waals surface area contributed by atoms with Gasteiger partial charge in [-0.1, -0.05) is 65.8 Å². The van der Waals surface area contributed by atoms with Gasteiger partial charge in [-0.05, 0) is 0 Å². The molecule has 2 aromatic rings. The Bertz CT molecular complexity index is 511. The average molecular weight is 260 g/mol. The number of rotatable bonds is 3. The molecule has 0 radical (unpaired) electrons. The molecule has 18 heavy (non-hydrogen) atoms. The predicted molar refractivity (Wildman–Crippen MR) is 70.9 cm³/mol. The van der Waals surface area contributed by atoms with E-state index in [2.05, 4.69) is 9.99 Å². The molecule has 0 unspecified atom stereocenters. The van der Waals surface area contributed by atoms with Crippen molar-refractivity contribution >= 4 is 22.7 Å². The van der Waals surface area contributed by atoms with Gasteiger partial charge in [0.25, 0.3) is 0 Å². The van der Waals surface area contributed by atoms with Crippen LogP contribution in [0, 0.1) is 0 Å². The zero-order valence-corrected chi connectivity index (χ0v) is 10.2. The number of carbonyl (C=O) groups excluding carboxylic acids is 1. The lowest BCUT2D eigenvalue weighted by Gasteiger charge is -2.05. The van der Waals surface area contributed by atoms with Crippen LogP contribution in [0.25, 0.3) is 0 Å². The molecule has 0 bridgehead atoms. The highest BCUT2D eigenvalue weighted by molar-refractivity contribution is 6.61. The van der Waals surface area contributed by atoms with Crippen LogP contribution >= 0.6 is 11.6 Å². The molecule has 0 aliphatic carbocycles. The fourth-order valence-electron chi connectivity index (χ4n) is 1.55. The van der Waals surface area contributed by atoms with Crippen molar-refractivity contribution in [3.05, 3.63) is 71.8 Å². The Balaban J connectivity index is 2.42. The first-order valence-electron chi connectivity index (χ1n) is 5.32. The summed E-state index contributed by atoms with van der Waals surface area (Å²) in [5.74, 6) is 0. The van der Waals surface area contributed by atoms with Crippen LogP contribution in [0.5, 0.6) is 0 Å². The van der Waals surface area contributed by atoms with E-state index in [-0.39, 0.29) is 0 Å². The van der Waals surface area contributed by atoms with Crippen molar-refractivity contribution < 1.29 is 9.63 Å². The topological polar surface area (TPSA) is 38.7 Å². The third kappa shape index (κ3) is 3.18. The van der Waals surface area contributed by atoms with Crippen LogP contribution in [-0.2, 0) is 4.84 Å². The summed E-state index contributed by atoms with van der Waals surface area (Å²) in [4.78, 5) is 15.2. The van der Waals surface area contributed by atoms with Crippen LogP contribution in [0.3, 0.4) is 0 Å². The summed E-state index contributed by atoms with van der Waals surface area (Å²) in [6, 6.07) is 18.9. The second-order valence-corrected chi connectivity index (χ2v) is 3.81. The maximum absolute atomic E-state index is 10.6. The van der Waals surface area contributed by atoms with E-state index >= 15 is 0 Å². The quantitative estimate of drug-likeness (QED) is 0.364. The van der Waals surface area contributed by atoms with Crippen LogP contribution in [0.15, 0.2) is 65.8 Å². The molecule has 0 fully saturated rings. The molecule has 3 nitrogen and oxygen atoms in total. The molecule has 0 aromatic heterocycles. The Morgan fingerprint density at radius 2 is 1.33 bits per heavy atom. The summed E-state index contributed by atoms with van der Waals surface area (Å²) >= 11 is 5.13. The van der Waals surface area contributed by atoms with Gasteiger partial charge in [0, 0.05) is 22.7 Å². The zero-order chi connectivity index (χ0) is 12.8. The Labute approximate surface area is 110 Å². The lowest BCUT2D eigenvalue weighted by molar-refractivity contribution is 0.179. The number of benzene rings is 2. The Kier molecular flexibility index (Phi) is 4.10. The highest BCUT2D eigenvalue weighted by Gasteiger charge is 2.08. The molecule has 2 aromatic carbocycles. The second kappa shape index (κ2) is 5.98. The van der Waals surface area contributed by atoms with Crippen LogP contribution in [0.2, 0.25) is 0 Å². The molecular weight excluding hydrogens is 250 g/mol. The van der Waals surface area contributed by atoms with E-state index in [4.69, 9.17) is 11.6 Å². The molecule has 90 valence electrons. The number of nitrogens with zero attached hydrogens (tertiary/aromatic N) is 1. The van der Waals surface area contributed by atoms with Crippen molar-refractivity contribution in [3.63, 3.8) is 0 Å². The SMILES string of the molecule is O=C(Cl)ON=C(c1ccccc1)c1ccccc1. The fraction of sp³-hybridized carbons (Fsp3) is 0. The second-order valence-electron chi connectivity index (χ2n) is 3.50. The predicted octanol–water partition coefficient (Wildman–Crippen LogP) is 3.81. The molecule has 0 saturated carbocycles. The average Bonchev–Trinajstić information content (AvgIpc) is 2.41. The van der Waals surface area contributed by atoms with Gasteiger partial charge in [-0.25, -0.2) is 4.79 Å². The normalized spacial score (nSPS) is 9.61. The molecule has 0 amide bonds. The van der Waals surface area contributed by atoms with Crippen LogP contribution in [0.4, 0.5) is 4.79 Å². The number of oxime groups is 1. The number of carbonyl (C=O) groups is 1. The summed E-state index contributed by atoms with van der Waals surface area (Å²) in [7, 11) is 0. The van der Waals surface area contributed by atoms with Crippen molar-refractivity contribution in [2.24, 2.45) is 5.16 Å². The highest BCUT2D eigenvalue weighted by atomic mass is 35.5. The monoisotopic (exact) mass is 259 g/mol. The number of hydrogen-bond acceptors (Lipinski definition) is 3. The zero-order valence-electron chi connectivity index (χ0n) is 9.42. The van der Waals surface area contributed by atoms with Gasteiger partial charge in [-0.2, -0.15) is 0 Å². The van der Waals surface area contributed by atoms with Gasteiger partial charge in [-0.3, -0.25) is 0 Å². The van der Waals surface area contributed by atoms with E-state index in [1.807, 2.05) is 60.7 Å². The number of halogens is 1. The first kappa shape index (κ1) is 12.3. The summed E-state index contributed by atoms with van der Waals surface area (Å²) < 4.78 is 0. The van der Waals surface area contributed by atoms with Gasteiger partial charge >= 0.3 is 5.43 Å². The molecule has 0 atom stereocenters. The van der Waals surface area contributed by atoms with Gasteiger partial charge in [0.15, 0.2) is 0 Å². The Morgan fingerprint density at radius 3 is 1.72 bits per heavy atom. The van der Waals surface area contributed by atoms with E-state index in [9.17, 15) is 4.79 Å². The van der Waals surface area contributed by atoms with Crippen molar-refractivity contribution in [2.75, 3.05) is 0 Å². The van der Waals surface area contributed by atoms with E-state index in [1.165, 1.54) is 0 Å². The van der Waals surface area contributed by atoms with Gasteiger partial charge < -0.3 is 4.84 Å². The van der Waals surface area contributed by atoms with E-state index in [1.54, 1.807) is 0 Å². The van der Waals surface area contributed by atoms with Crippen molar-refractivity contribution in [1.82, 2.24) is 0 Å². The molecule has 0 N–H and O–H groups in total. The van der Waals surface area contributed by atoms with Gasteiger partial charge in [0.2, 0.25) is 0 Å². The lowest BCUT2D eigenvalue weighted by Crippen LogP contribution is -2.04. The van der Waals surface area contributed by atoms with E-state index < -0.39 is 5.43 Å². The van der Waals surface area contributed by atoms with Crippen LogP contribution < -0.4 is 0 Å². The molecule has 0 spiro atoms. The first-order chi connectivity index (χ1) is 8.77. The van der Waals surface area contributed by atoms with Gasteiger partial charge in [-0.15, -0.1) is 0 Å². The minimum absolute atomic E-state index is 0.560. The number of hydrogen-bond donors (Lipinski definition) is 0. The molecule has 0 aliphatic rings. The maximum Gasteiger partial charge on any atom is 0.429 e.